The van der Waals surface area contributed by atoms with E-state index in [4.69, 9.17) is 0 Å². The van der Waals surface area contributed by atoms with Crippen LogP contribution in [0.15, 0.2) is 25.3 Å². The summed E-state index contributed by atoms with van der Waals surface area (Å²) in [6.45, 7) is 7.42. The van der Waals surface area contributed by atoms with Crippen LogP contribution >= 0.6 is 11.8 Å². The molecule has 0 aliphatic heterocycles. The number of thioether (sulfide) groups is 1. The lowest BCUT2D eigenvalue weighted by Gasteiger charge is -1.99. The Hall–Kier alpha value is -0.170. The smallest absolute Gasteiger partial charge is 0.00674 e. The summed E-state index contributed by atoms with van der Waals surface area (Å²) in [7, 11) is 0. The van der Waals surface area contributed by atoms with Gasteiger partial charge in [-0.25, -0.2) is 0 Å². The van der Waals surface area contributed by atoms with Gasteiger partial charge in [0.25, 0.3) is 0 Å². The van der Waals surface area contributed by atoms with Crippen molar-refractivity contribution < 1.29 is 0 Å². The highest BCUT2D eigenvalue weighted by molar-refractivity contribution is 7.99. The van der Waals surface area contributed by atoms with Crippen molar-refractivity contribution in [3.05, 3.63) is 25.3 Å². The van der Waals surface area contributed by atoms with E-state index in [9.17, 15) is 0 Å². The molecule has 0 heterocycles. The summed E-state index contributed by atoms with van der Waals surface area (Å²) in [6, 6.07) is 0. The molecule has 0 N–H and O–H groups in total. The van der Waals surface area contributed by atoms with E-state index in [0.29, 0.717) is 0 Å². The third-order valence-corrected chi connectivity index (χ3v) is 3.05. The predicted octanol–water partition coefficient (Wildman–Crippen LogP) is 4.43. The van der Waals surface area contributed by atoms with Gasteiger partial charge in [-0.05, 0) is 50.0 Å². The molecule has 0 rings (SSSR count). The van der Waals surface area contributed by atoms with Gasteiger partial charge in [0.1, 0.15) is 0 Å². The van der Waals surface area contributed by atoms with Crippen LogP contribution in [0.25, 0.3) is 0 Å². The Bertz CT molecular complexity index is 104. The largest absolute Gasteiger partial charge is 0.162 e. The Balaban J connectivity index is 2.83. The second-order valence-corrected chi connectivity index (χ2v) is 4.41. The minimum atomic E-state index is 1.18. The quantitative estimate of drug-likeness (QED) is 0.369. The Labute approximate surface area is 87.5 Å². The van der Waals surface area contributed by atoms with Crippen molar-refractivity contribution in [3.63, 3.8) is 0 Å². The molecular formula is C12H22S. The molecule has 1 heteroatoms. The van der Waals surface area contributed by atoms with Crippen molar-refractivity contribution in [2.45, 2.75) is 38.5 Å². The fourth-order valence-electron chi connectivity index (χ4n) is 1.09. The van der Waals surface area contributed by atoms with E-state index in [1.165, 1.54) is 50.0 Å². The highest BCUT2D eigenvalue weighted by atomic mass is 32.2. The van der Waals surface area contributed by atoms with Crippen molar-refractivity contribution in [1.82, 2.24) is 0 Å². The Kier molecular flexibility index (Phi) is 11.7. The molecule has 0 amide bonds. The van der Waals surface area contributed by atoms with E-state index in [0.717, 1.165) is 0 Å². The van der Waals surface area contributed by atoms with Crippen LogP contribution < -0.4 is 0 Å². The first-order valence-electron chi connectivity index (χ1n) is 5.21. The minimum absolute atomic E-state index is 1.18. The highest BCUT2D eigenvalue weighted by Gasteiger charge is 1.89. The molecule has 0 radical (unpaired) electrons. The molecule has 0 fully saturated rings. The molecule has 0 atom stereocenters. The molecular weight excluding hydrogens is 176 g/mol. The molecule has 0 saturated heterocycles. The van der Waals surface area contributed by atoms with Gasteiger partial charge < -0.3 is 0 Å². The van der Waals surface area contributed by atoms with Gasteiger partial charge in [0, 0.05) is 0 Å². The lowest BCUT2D eigenvalue weighted by molar-refractivity contribution is 0.811. The van der Waals surface area contributed by atoms with Gasteiger partial charge in [0.05, 0.1) is 0 Å². The lowest BCUT2D eigenvalue weighted by atomic mass is 10.2. The summed E-state index contributed by atoms with van der Waals surface area (Å²) >= 11 is 2.09. The fraction of sp³-hybridized carbons (Fsp3) is 0.667. The molecule has 0 unspecified atom stereocenters. The number of allylic oxidation sites excluding steroid dienone is 2. The summed E-state index contributed by atoms with van der Waals surface area (Å²) in [4.78, 5) is 0. The van der Waals surface area contributed by atoms with Crippen LogP contribution in [0.4, 0.5) is 0 Å². The standard InChI is InChI=1S/C12H22S/c1-3-5-7-9-11-13-12-10-8-6-4-2/h3-4H,1-2,5-12H2. The van der Waals surface area contributed by atoms with Crippen LogP contribution in [0.1, 0.15) is 38.5 Å². The van der Waals surface area contributed by atoms with Gasteiger partial charge in [-0.15, -0.1) is 13.2 Å². The van der Waals surface area contributed by atoms with Gasteiger partial charge in [-0.3, -0.25) is 0 Å². The van der Waals surface area contributed by atoms with E-state index in [-0.39, 0.29) is 0 Å². The second-order valence-electron chi connectivity index (χ2n) is 3.18. The van der Waals surface area contributed by atoms with Crippen LogP contribution in [0.5, 0.6) is 0 Å². The van der Waals surface area contributed by atoms with Crippen molar-refractivity contribution in [1.29, 1.82) is 0 Å². The maximum absolute atomic E-state index is 3.71. The first-order chi connectivity index (χ1) is 6.41. The maximum atomic E-state index is 3.71. The monoisotopic (exact) mass is 198 g/mol. The first kappa shape index (κ1) is 12.8. The zero-order valence-corrected chi connectivity index (χ0v) is 9.45. The van der Waals surface area contributed by atoms with E-state index >= 15 is 0 Å². The minimum Gasteiger partial charge on any atom is -0.162 e. The van der Waals surface area contributed by atoms with Crippen LogP contribution in [0, 0.1) is 0 Å². The van der Waals surface area contributed by atoms with Crippen molar-refractivity contribution in [2.75, 3.05) is 11.5 Å². The van der Waals surface area contributed by atoms with E-state index in [1.54, 1.807) is 0 Å². The Morgan fingerprint density at radius 3 is 1.62 bits per heavy atom. The molecule has 0 bridgehead atoms. The molecule has 0 aromatic heterocycles. The van der Waals surface area contributed by atoms with Crippen LogP contribution in [0.2, 0.25) is 0 Å². The average Bonchev–Trinajstić information content (AvgIpc) is 2.16. The molecule has 0 aliphatic carbocycles. The summed E-state index contributed by atoms with van der Waals surface area (Å²) in [6.07, 6.45) is 11.7. The Morgan fingerprint density at radius 2 is 1.23 bits per heavy atom. The molecule has 0 nitrogen and oxygen atoms in total. The van der Waals surface area contributed by atoms with Gasteiger partial charge in [0.15, 0.2) is 0 Å². The predicted molar refractivity (Wildman–Crippen MR) is 65.4 cm³/mol. The number of hydrogen-bond donors (Lipinski definition) is 0. The van der Waals surface area contributed by atoms with Crippen molar-refractivity contribution in [2.24, 2.45) is 0 Å². The fourth-order valence-corrected chi connectivity index (χ4v) is 2.11. The summed E-state index contributed by atoms with van der Waals surface area (Å²) in [5.41, 5.74) is 0. The van der Waals surface area contributed by atoms with E-state index in [2.05, 4.69) is 24.9 Å². The molecule has 0 spiro atoms. The van der Waals surface area contributed by atoms with Crippen LogP contribution in [-0.4, -0.2) is 11.5 Å². The van der Waals surface area contributed by atoms with E-state index < -0.39 is 0 Å². The molecule has 0 aromatic rings. The van der Waals surface area contributed by atoms with Crippen molar-refractivity contribution in [3.8, 4) is 0 Å². The first-order valence-corrected chi connectivity index (χ1v) is 6.37. The molecule has 76 valence electrons. The van der Waals surface area contributed by atoms with Crippen molar-refractivity contribution >= 4 is 11.8 Å². The maximum Gasteiger partial charge on any atom is -0.00674 e. The third kappa shape index (κ3) is 11.8. The Morgan fingerprint density at radius 1 is 0.769 bits per heavy atom. The average molecular weight is 198 g/mol. The molecule has 0 aliphatic rings. The van der Waals surface area contributed by atoms with Crippen LogP contribution in [-0.2, 0) is 0 Å². The molecule has 0 saturated carbocycles. The normalized spacial score (nSPS) is 9.85. The molecule has 13 heavy (non-hydrogen) atoms. The third-order valence-electron chi connectivity index (χ3n) is 1.89. The SMILES string of the molecule is C=CCCCCSCCCCC=C. The zero-order valence-electron chi connectivity index (χ0n) is 8.63. The summed E-state index contributed by atoms with van der Waals surface area (Å²) in [5, 5.41) is 0. The number of unbranched alkanes of at least 4 members (excludes halogenated alkanes) is 4. The van der Waals surface area contributed by atoms with E-state index in [1.807, 2.05) is 12.2 Å². The van der Waals surface area contributed by atoms with Gasteiger partial charge in [0.2, 0.25) is 0 Å². The van der Waals surface area contributed by atoms with Crippen LogP contribution in [0.3, 0.4) is 0 Å². The summed E-state index contributed by atoms with van der Waals surface area (Å²) < 4.78 is 0. The highest BCUT2D eigenvalue weighted by Crippen LogP contribution is 2.09. The molecule has 0 aromatic carbocycles. The topological polar surface area (TPSA) is 0 Å². The number of rotatable bonds is 10. The second kappa shape index (κ2) is 11.8. The van der Waals surface area contributed by atoms with Gasteiger partial charge >= 0.3 is 0 Å². The van der Waals surface area contributed by atoms with Gasteiger partial charge in [-0.2, -0.15) is 11.8 Å². The number of hydrogen-bond acceptors (Lipinski definition) is 1. The summed E-state index contributed by atoms with van der Waals surface area (Å²) in [5.74, 6) is 2.64. The zero-order chi connectivity index (χ0) is 9.78. The van der Waals surface area contributed by atoms with Gasteiger partial charge in [-0.1, -0.05) is 12.2 Å². The lowest BCUT2D eigenvalue weighted by Crippen LogP contribution is -1.84.